The van der Waals surface area contributed by atoms with Gasteiger partial charge in [-0.25, -0.2) is 0 Å². The van der Waals surface area contributed by atoms with Crippen molar-refractivity contribution in [2.45, 2.75) is 44.6 Å². The summed E-state index contributed by atoms with van der Waals surface area (Å²) >= 11 is 1.89. The SMILES string of the molecule is CNC1CCCC(c2csc(C)c2)C1. The molecule has 0 amide bonds. The summed E-state index contributed by atoms with van der Waals surface area (Å²) in [5.41, 5.74) is 1.58. The molecule has 1 heterocycles. The molecule has 1 aliphatic rings. The number of rotatable bonds is 2. The van der Waals surface area contributed by atoms with Crippen molar-refractivity contribution in [2.75, 3.05) is 7.05 Å². The van der Waals surface area contributed by atoms with Gasteiger partial charge in [0.15, 0.2) is 0 Å². The molecule has 1 fully saturated rings. The lowest BCUT2D eigenvalue weighted by molar-refractivity contribution is 0.356. The maximum Gasteiger partial charge on any atom is 0.00698 e. The van der Waals surface area contributed by atoms with Crippen molar-refractivity contribution in [3.8, 4) is 0 Å². The van der Waals surface area contributed by atoms with Crippen LogP contribution in [0.1, 0.15) is 42.0 Å². The van der Waals surface area contributed by atoms with Crippen LogP contribution < -0.4 is 5.32 Å². The molecule has 0 spiro atoms. The summed E-state index contributed by atoms with van der Waals surface area (Å²) in [4.78, 5) is 1.45. The van der Waals surface area contributed by atoms with E-state index in [0.717, 1.165) is 12.0 Å². The molecule has 0 aromatic carbocycles. The van der Waals surface area contributed by atoms with Crippen LogP contribution in [0.3, 0.4) is 0 Å². The van der Waals surface area contributed by atoms with Crippen LogP contribution in [0, 0.1) is 6.92 Å². The van der Waals surface area contributed by atoms with Gasteiger partial charge in [0.25, 0.3) is 0 Å². The van der Waals surface area contributed by atoms with Gasteiger partial charge < -0.3 is 5.32 Å². The Morgan fingerprint density at radius 3 is 2.93 bits per heavy atom. The highest BCUT2D eigenvalue weighted by atomic mass is 32.1. The zero-order chi connectivity index (χ0) is 9.97. The third-order valence-electron chi connectivity index (χ3n) is 3.30. The molecule has 1 nitrogen and oxygen atoms in total. The Balaban J connectivity index is 2.04. The van der Waals surface area contributed by atoms with E-state index in [1.807, 2.05) is 11.3 Å². The molecule has 1 saturated carbocycles. The maximum atomic E-state index is 3.41. The van der Waals surface area contributed by atoms with Crippen molar-refractivity contribution in [1.29, 1.82) is 0 Å². The minimum absolute atomic E-state index is 0.744. The minimum Gasteiger partial charge on any atom is -0.317 e. The first-order chi connectivity index (χ1) is 6.79. The molecule has 0 saturated heterocycles. The number of thiophene rings is 1. The van der Waals surface area contributed by atoms with Crippen LogP contribution >= 0.6 is 11.3 Å². The van der Waals surface area contributed by atoms with Gasteiger partial charge in [-0.15, -0.1) is 11.3 Å². The van der Waals surface area contributed by atoms with Crippen molar-refractivity contribution in [3.05, 3.63) is 21.9 Å². The molecule has 2 rings (SSSR count). The summed E-state index contributed by atoms with van der Waals surface area (Å²) in [6.45, 7) is 2.20. The third-order valence-corrected chi connectivity index (χ3v) is 4.18. The van der Waals surface area contributed by atoms with E-state index in [2.05, 4.69) is 30.7 Å². The van der Waals surface area contributed by atoms with E-state index in [9.17, 15) is 0 Å². The van der Waals surface area contributed by atoms with Crippen LogP contribution in [-0.4, -0.2) is 13.1 Å². The fourth-order valence-corrected chi connectivity index (χ4v) is 3.22. The Morgan fingerprint density at radius 1 is 1.43 bits per heavy atom. The number of hydrogen-bond donors (Lipinski definition) is 1. The summed E-state index contributed by atoms with van der Waals surface area (Å²) in [5.74, 6) is 0.811. The van der Waals surface area contributed by atoms with Crippen LogP contribution in [-0.2, 0) is 0 Å². The normalized spacial score (nSPS) is 27.9. The molecule has 1 aromatic rings. The summed E-state index contributed by atoms with van der Waals surface area (Å²) < 4.78 is 0. The molecule has 1 aliphatic carbocycles. The highest BCUT2D eigenvalue weighted by Crippen LogP contribution is 2.34. The van der Waals surface area contributed by atoms with Crippen LogP contribution in [0.25, 0.3) is 0 Å². The minimum atomic E-state index is 0.744. The Morgan fingerprint density at radius 2 is 2.29 bits per heavy atom. The first-order valence-electron chi connectivity index (χ1n) is 5.52. The Kier molecular flexibility index (Phi) is 3.24. The molecule has 0 bridgehead atoms. The summed E-state index contributed by atoms with van der Waals surface area (Å²) in [5, 5.41) is 5.76. The third kappa shape index (κ3) is 2.18. The quantitative estimate of drug-likeness (QED) is 0.788. The van der Waals surface area contributed by atoms with Crippen molar-refractivity contribution < 1.29 is 0 Å². The lowest BCUT2D eigenvalue weighted by Gasteiger charge is -2.28. The zero-order valence-corrected chi connectivity index (χ0v) is 9.86. The second-order valence-electron chi connectivity index (χ2n) is 4.34. The van der Waals surface area contributed by atoms with Crippen molar-refractivity contribution in [3.63, 3.8) is 0 Å². The molecule has 1 N–H and O–H groups in total. The maximum absolute atomic E-state index is 3.41. The van der Waals surface area contributed by atoms with Crippen LogP contribution in [0.5, 0.6) is 0 Å². The van der Waals surface area contributed by atoms with Gasteiger partial charge in [0.2, 0.25) is 0 Å². The Hall–Kier alpha value is -0.340. The molecule has 2 heteroatoms. The molecule has 0 aliphatic heterocycles. The highest BCUT2D eigenvalue weighted by molar-refractivity contribution is 7.10. The second-order valence-corrected chi connectivity index (χ2v) is 5.46. The van der Waals surface area contributed by atoms with Gasteiger partial charge in [0.05, 0.1) is 0 Å². The standard InChI is InChI=1S/C12H19NS/c1-9-6-11(8-14-9)10-4-3-5-12(7-10)13-2/h6,8,10,12-13H,3-5,7H2,1-2H3. The molecule has 0 radical (unpaired) electrons. The van der Waals surface area contributed by atoms with Gasteiger partial charge in [-0.3, -0.25) is 0 Å². The zero-order valence-electron chi connectivity index (χ0n) is 9.05. The lowest BCUT2D eigenvalue weighted by Crippen LogP contribution is -2.30. The van der Waals surface area contributed by atoms with Crippen LogP contribution in [0.15, 0.2) is 11.4 Å². The number of nitrogens with one attached hydrogen (secondary N) is 1. The van der Waals surface area contributed by atoms with E-state index in [4.69, 9.17) is 0 Å². The predicted molar refractivity (Wildman–Crippen MR) is 63.1 cm³/mol. The first-order valence-corrected chi connectivity index (χ1v) is 6.40. The first kappa shape index (κ1) is 10.2. The van der Waals surface area contributed by atoms with Gasteiger partial charge in [-0.1, -0.05) is 6.42 Å². The summed E-state index contributed by atoms with van der Waals surface area (Å²) in [6, 6.07) is 3.11. The van der Waals surface area contributed by atoms with Crippen molar-refractivity contribution >= 4 is 11.3 Å². The summed E-state index contributed by atoms with van der Waals surface area (Å²) in [7, 11) is 2.09. The van der Waals surface area contributed by atoms with E-state index in [-0.39, 0.29) is 0 Å². The van der Waals surface area contributed by atoms with Gasteiger partial charge >= 0.3 is 0 Å². The fraction of sp³-hybridized carbons (Fsp3) is 0.667. The fourth-order valence-electron chi connectivity index (χ4n) is 2.43. The van der Waals surface area contributed by atoms with Crippen molar-refractivity contribution in [1.82, 2.24) is 5.32 Å². The molecular weight excluding hydrogens is 190 g/mol. The largest absolute Gasteiger partial charge is 0.317 e. The van der Waals surface area contributed by atoms with E-state index >= 15 is 0 Å². The van der Waals surface area contributed by atoms with E-state index in [0.29, 0.717) is 0 Å². The molecular formula is C12H19NS. The molecule has 2 unspecified atom stereocenters. The molecule has 2 atom stereocenters. The Labute approximate surface area is 90.5 Å². The van der Waals surface area contributed by atoms with E-state index in [1.165, 1.54) is 30.6 Å². The second kappa shape index (κ2) is 4.45. The average Bonchev–Trinajstić information content (AvgIpc) is 2.65. The highest BCUT2D eigenvalue weighted by Gasteiger charge is 2.22. The topological polar surface area (TPSA) is 12.0 Å². The average molecular weight is 209 g/mol. The summed E-state index contributed by atoms with van der Waals surface area (Å²) in [6.07, 6.45) is 5.45. The van der Waals surface area contributed by atoms with Crippen molar-refractivity contribution in [2.24, 2.45) is 0 Å². The van der Waals surface area contributed by atoms with E-state index < -0.39 is 0 Å². The van der Waals surface area contributed by atoms with E-state index in [1.54, 1.807) is 5.56 Å². The smallest absolute Gasteiger partial charge is 0.00698 e. The Bertz CT molecular complexity index is 292. The molecule has 14 heavy (non-hydrogen) atoms. The monoisotopic (exact) mass is 209 g/mol. The predicted octanol–water partition coefficient (Wildman–Crippen LogP) is 3.30. The van der Waals surface area contributed by atoms with Gasteiger partial charge in [0.1, 0.15) is 0 Å². The molecule has 1 aromatic heterocycles. The van der Waals surface area contributed by atoms with Gasteiger partial charge in [0, 0.05) is 10.9 Å². The number of aryl methyl sites for hydroxylation is 1. The van der Waals surface area contributed by atoms with Gasteiger partial charge in [-0.2, -0.15) is 0 Å². The number of hydrogen-bond acceptors (Lipinski definition) is 2. The van der Waals surface area contributed by atoms with Crippen LogP contribution in [0.4, 0.5) is 0 Å². The lowest BCUT2D eigenvalue weighted by atomic mass is 9.82. The van der Waals surface area contributed by atoms with Crippen LogP contribution in [0.2, 0.25) is 0 Å². The van der Waals surface area contributed by atoms with Gasteiger partial charge in [-0.05, 0) is 56.2 Å². The molecule has 78 valence electrons.